The molecule has 2 rings (SSSR count). The van der Waals surface area contributed by atoms with Gasteiger partial charge >= 0.3 is 0 Å². The highest BCUT2D eigenvalue weighted by Gasteiger charge is 2.11. The summed E-state index contributed by atoms with van der Waals surface area (Å²) in [6.07, 6.45) is 0.841. The minimum absolute atomic E-state index is 0.520. The Kier molecular flexibility index (Phi) is 3.88. The summed E-state index contributed by atoms with van der Waals surface area (Å²) >= 11 is 12.1. The molecule has 0 aliphatic heterocycles. The van der Waals surface area contributed by atoms with Gasteiger partial charge in [-0.25, -0.2) is 9.97 Å². The zero-order chi connectivity index (χ0) is 13.3. The number of rotatable bonds is 2. The molecule has 18 heavy (non-hydrogen) atoms. The van der Waals surface area contributed by atoms with Crippen molar-refractivity contribution in [2.45, 2.75) is 27.2 Å². The molecule has 94 valence electrons. The van der Waals surface area contributed by atoms with Crippen molar-refractivity contribution in [3.8, 4) is 11.4 Å². The first-order chi connectivity index (χ1) is 8.52. The van der Waals surface area contributed by atoms with Crippen LogP contribution in [-0.2, 0) is 6.42 Å². The summed E-state index contributed by atoms with van der Waals surface area (Å²) in [5.41, 5.74) is 3.95. The largest absolute Gasteiger partial charge is 0.233 e. The van der Waals surface area contributed by atoms with Crippen molar-refractivity contribution in [2.75, 3.05) is 0 Å². The lowest BCUT2D eigenvalue weighted by Gasteiger charge is -2.09. The second kappa shape index (κ2) is 5.25. The Hall–Kier alpha value is -1.12. The molecular formula is C14H14Cl2N2. The molecule has 1 aromatic carbocycles. The van der Waals surface area contributed by atoms with Gasteiger partial charge in [0, 0.05) is 21.8 Å². The highest BCUT2D eigenvalue weighted by atomic mass is 35.5. The number of nitrogens with zero attached hydrogens (tertiary/aromatic N) is 2. The van der Waals surface area contributed by atoms with Crippen molar-refractivity contribution >= 4 is 23.2 Å². The normalized spacial score (nSPS) is 10.7. The molecule has 0 amide bonds. The molecule has 1 heterocycles. The van der Waals surface area contributed by atoms with Crippen LogP contribution in [0.2, 0.25) is 10.2 Å². The molecule has 0 fully saturated rings. The van der Waals surface area contributed by atoms with E-state index in [-0.39, 0.29) is 0 Å². The van der Waals surface area contributed by atoms with E-state index < -0.39 is 0 Å². The van der Waals surface area contributed by atoms with Gasteiger partial charge in [-0.2, -0.15) is 0 Å². The molecule has 1 aromatic heterocycles. The second-order valence-corrected chi connectivity index (χ2v) is 5.02. The molecule has 2 aromatic rings. The van der Waals surface area contributed by atoms with Gasteiger partial charge in [-0.05, 0) is 44.0 Å². The summed E-state index contributed by atoms with van der Waals surface area (Å²) in [7, 11) is 0. The molecule has 2 nitrogen and oxygen atoms in total. The Bertz CT molecular complexity index is 595. The molecule has 0 unspecified atom stereocenters. The summed E-state index contributed by atoms with van der Waals surface area (Å²) < 4.78 is 0. The van der Waals surface area contributed by atoms with Crippen LogP contribution in [0.3, 0.4) is 0 Å². The van der Waals surface area contributed by atoms with Gasteiger partial charge < -0.3 is 0 Å². The summed E-state index contributed by atoms with van der Waals surface area (Å²) in [6.45, 7) is 5.99. The van der Waals surface area contributed by atoms with Crippen molar-refractivity contribution in [3.63, 3.8) is 0 Å². The third-order valence-electron chi connectivity index (χ3n) is 2.95. The first-order valence-electron chi connectivity index (χ1n) is 5.82. The minimum atomic E-state index is 0.520. The standard InChI is InChI=1S/C14H14Cl2N2/c1-4-12-9(3)13(16)18-14(17-12)11-6-5-10(15)7-8(11)2/h5-7H,4H2,1-3H3. The van der Waals surface area contributed by atoms with Crippen molar-refractivity contribution in [1.29, 1.82) is 0 Å². The maximum absolute atomic E-state index is 6.15. The van der Waals surface area contributed by atoms with E-state index in [1.807, 2.05) is 32.0 Å². The quantitative estimate of drug-likeness (QED) is 0.750. The first kappa shape index (κ1) is 13.3. The Morgan fingerprint density at radius 3 is 2.44 bits per heavy atom. The molecule has 0 bridgehead atoms. The summed E-state index contributed by atoms with van der Waals surface area (Å²) in [5, 5.41) is 1.23. The lowest BCUT2D eigenvalue weighted by molar-refractivity contribution is 0.975. The molecule has 0 atom stereocenters. The van der Waals surface area contributed by atoms with Crippen molar-refractivity contribution in [1.82, 2.24) is 9.97 Å². The molecular weight excluding hydrogens is 267 g/mol. The van der Waals surface area contributed by atoms with Gasteiger partial charge in [0.05, 0.1) is 0 Å². The van der Waals surface area contributed by atoms with E-state index >= 15 is 0 Å². The fraction of sp³-hybridized carbons (Fsp3) is 0.286. The fourth-order valence-electron chi connectivity index (χ4n) is 1.88. The molecule has 0 N–H and O–H groups in total. The van der Waals surface area contributed by atoms with Crippen LogP contribution in [0.5, 0.6) is 0 Å². The van der Waals surface area contributed by atoms with Crippen LogP contribution < -0.4 is 0 Å². The molecule has 0 aliphatic carbocycles. The number of benzene rings is 1. The summed E-state index contributed by atoms with van der Waals surface area (Å²) in [5.74, 6) is 0.664. The lowest BCUT2D eigenvalue weighted by atomic mass is 10.1. The van der Waals surface area contributed by atoms with Crippen LogP contribution in [0, 0.1) is 13.8 Å². The Balaban J connectivity index is 2.60. The highest BCUT2D eigenvalue weighted by Crippen LogP contribution is 2.26. The Labute approximate surface area is 117 Å². The van der Waals surface area contributed by atoms with Crippen molar-refractivity contribution in [2.24, 2.45) is 0 Å². The highest BCUT2D eigenvalue weighted by molar-refractivity contribution is 6.31. The van der Waals surface area contributed by atoms with Crippen molar-refractivity contribution in [3.05, 3.63) is 45.2 Å². The number of hydrogen-bond donors (Lipinski definition) is 0. The van der Waals surface area contributed by atoms with E-state index in [1.54, 1.807) is 0 Å². The SMILES string of the molecule is CCc1nc(-c2ccc(Cl)cc2C)nc(Cl)c1C. The van der Waals surface area contributed by atoms with Crippen LogP contribution in [0.15, 0.2) is 18.2 Å². The number of aryl methyl sites for hydroxylation is 2. The smallest absolute Gasteiger partial charge is 0.161 e. The zero-order valence-corrected chi connectivity index (χ0v) is 12.1. The maximum Gasteiger partial charge on any atom is 0.161 e. The summed E-state index contributed by atoms with van der Waals surface area (Å²) in [6, 6.07) is 5.67. The number of aromatic nitrogens is 2. The van der Waals surface area contributed by atoms with E-state index in [1.165, 1.54) is 0 Å². The molecule has 0 radical (unpaired) electrons. The third-order valence-corrected chi connectivity index (χ3v) is 3.55. The van der Waals surface area contributed by atoms with E-state index in [2.05, 4.69) is 16.9 Å². The fourth-order valence-corrected chi connectivity index (χ4v) is 2.29. The predicted molar refractivity (Wildman–Crippen MR) is 76.3 cm³/mol. The van der Waals surface area contributed by atoms with Crippen LogP contribution in [0.4, 0.5) is 0 Å². The van der Waals surface area contributed by atoms with Gasteiger partial charge in [-0.3, -0.25) is 0 Å². The van der Waals surface area contributed by atoms with Gasteiger partial charge in [0.1, 0.15) is 5.15 Å². The van der Waals surface area contributed by atoms with Crippen LogP contribution in [0.1, 0.15) is 23.7 Å². The Morgan fingerprint density at radius 1 is 1.11 bits per heavy atom. The van der Waals surface area contributed by atoms with Crippen molar-refractivity contribution < 1.29 is 0 Å². The van der Waals surface area contributed by atoms with E-state index in [4.69, 9.17) is 23.2 Å². The van der Waals surface area contributed by atoms with Crippen LogP contribution >= 0.6 is 23.2 Å². The average molecular weight is 281 g/mol. The predicted octanol–water partition coefficient (Wildman–Crippen LogP) is 4.63. The van der Waals surface area contributed by atoms with E-state index in [0.29, 0.717) is 16.0 Å². The average Bonchev–Trinajstić information content (AvgIpc) is 2.32. The number of hydrogen-bond acceptors (Lipinski definition) is 2. The van der Waals surface area contributed by atoms with Gasteiger partial charge in [0.25, 0.3) is 0 Å². The number of halogens is 2. The monoisotopic (exact) mass is 280 g/mol. The lowest BCUT2D eigenvalue weighted by Crippen LogP contribution is -2.00. The third kappa shape index (κ3) is 2.50. The van der Waals surface area contributed by atoms with Gasteiger partial charge in [-0.1, -0.05) is 30.1 Å². The summed E-state index contributed by atoms with van der Waals surface area (Å²) in [4.78, 5) is 8.93. The molecule has 0 saturated heterocycles. The van der Waals surface area contributed by atoms with Gasteiger partial charge in [0.15, 0.2) is 5.82 Å². The van der Waals surface area contributed by atoms with Crippen LogP contribution in [-0.4, -0.2) is 9.97 Å². The molecule has 0 aliphatic rings. The molecule has 0 spiro atoms. The van der Waals surface area contributed by atoms with Gasteiger partial charge in [-0.15, -0.1) is 0 Å². The molecule has 4 heteroatoms. The Morgan fingerprint density at radius 2 is 1.83 bits per heavy atom. The molecule has 0 saturated carbocycles. The minimum Gasteiger partial charge on any atom is -0.233 e. The zero-order valence-electron chi connectivity index (χ0n) is 10.6. The maximum atomic E-state index is 6.15. The first-order valence-corrected chi connectivity index (χ1v) is 6.58. The van der Waals surface area contributed by atoms with E-state index in [0.717, 1.165) is 28.8 Å². The topological polar surface area (TPSA) is 25.8 Å². The second-order valence-electron chi connectivity index (χ2n) is 4.22. The van der Waals surface area contributed by atoms with Gasteiger partial charge in [0.2, 0.25) is 0 Å². The van der Waals surface area contributed by atoms with E-state index in [9.17, 15) is 0 Å². The van der Waals surface area contributed by atoms with Crippen LogP contribution in [0.25, 0.3) is 11.4 Å².